The van der Waals surface area contributed by atoms with Gasteiger partial charge in [-0.15, -0.1) is 0 Å². The molecule has 0 aliphatic carbocycles. The maximum atomic E-state index is 12.7. The summed E-state index contributed by atoms with van der Waals surface area (Å²) >= 11 is 6.11. The van der Waals surface area contributed by atoms with E-state index in [2.05, 4.69) is 0 Å². The molecule has 3 atom stereocenters. The molecule has 2 aliphatic rings. The number of phenolic OH excluding ortho intramolecular Hbond substituents is 1. The van der Waals surface area contributed by atoms with Crippen LogP contribution in [0.1, 0.15) is 17.2 Å². The van der Waals surface area contributed by atoms with Gasteiger partial charge in [0.25, 0.3) is 5.91 Å². The first kappa shape index (κ1) is 17.0. The molecule has 0 radical (unpaired) electrons. The summed E-state index contributed by atoms with van der Waals surface area (Å²) in [6, 6.07) is 13.6. The normalized spacial score (nSPS) is 25.8. The van der Waals surface area contributed by atoms with Crippen LogP contribution in [0.3, 0.4) is 0 Å². The van der Waals surface area contributed by atoms with E-state index in [1.165, 1.54) is 13.1 Å². The number of nitrogens with zero attached hydrogens (tertiary/aromatic N) is 2. The monoisotopic (exact) mass is 372 g/mol. The van der Waals surface area contributed by atoms with Crippen LogP contribution in [0.25, 0.3) is 0 Å². The minimum Gasteiger partial charge on any atom is -0.508 e. The molecule has 2 amide bonds. The highest BCUT2D eigenvalue weighted by atomic mass is 35.5. The maximum absolute atomic E-state index is 12.7. The largest absolute Gasteiger partial charge is 0.508 e. The third-order valence-electron chi connectivity index (χ3n) is 4.90. The summed E-state index contributed by atoms with van der Waals surface area (Å²) in [5.74, 6) is -1.40. The molecule has 2 aliphatic heterocycles. The van der Waals surface area contributed by atoms with Crippen LogP contribution in [-0.4, -0.2) is 40.0 Å². The van der Waals surface area contributed by atoms with Crippen molar-refractivity contribution in [2.75, 3.05) is 7.05 Å². The van der Waals surface area contributed by atoms with E-state index in [0.717, 1.165) is 10.5 Å². The molecule has 2 fully saturated rings. The van der Waals surface area contributed by atoms with Crippen molar-refractivity contribution in [2.24, 2.45) is 5.92 Å². The number of fused-ring (bicyclic) bond motifs is 1. The number of halogens is 1. The Kier molecular flexibility index (Phi) is 4.19. The number of imide groups is 1. The van der Waals surface area contributed by atoms with Crippen molar-refractivity contribution in [3.05, 3.63) is 64.7 Å². The van der Waals surface area contributed by atoms with Gasteiger partial charge in [-0.3, -0.25) is 19.3 Å². The molecule has 26 heavy (non-hydrogen) atoms. The number of hydroxylamine groups is 2. The van der Waals surface area contributed by atoms with Crippen molar-refractivity contribution in [2.45, 2.75) is 18.7 Å². The van der Waals surface area contributed by atoms with Crippen LogP contribution in [0, 0.1) is 5.92 Å². The predicted molar refractivity (Wildman–Crippen MR) is 94.0 cm³/mol. The first-order valence-corrected chi connectivity index (χ1v) is 8.62. The number of hydrogen-bond donors (Lipinski definition) is 1. The predicted octanol–water partition coefficient (Wildman–Crippen LogP) is 2.52. The van der Waals surface area contributed by atoms with Crippen molar-refractivity contribution >= 4 is 23.4 Å². The van der Waals surface area contributed by atoms with Gasteiger partial charge in [-0.25, -0.2) is 0 Å². The number of phenols is 1. The molecule has 0 bridgehead atoms. The summed E-state index contributed by atoms with van der Waals surface area (Å²) < 4.78 is 0. The van der Waals surface area contributed by atoms with E-state index in [1.807, 2.05) is 30.3 Å². The van der Waals surface area contributed by atoms with Crippen LogP contribution in [0.15, 0.2) is 48.5 Å². The second-order valence-corrected chi connectivity index (χ2v) is 6.93. The van der Waals surface area contributed by atoms with Gasteiger partial charge < -0.3 is 5.11 Å². The molecular weight excluding hydrogens is 356 g/mol. The first-order valence-electron chi connectivity index (χ1n) is 8.24. The molecule has 2 saturated heterocycles. The second-order valence-electron chi connectivity index (χ2n) is 6.50. The average molecular weight is 373 g/mol. The fraction of sp³-hybridized carbons (Fsp3) is 0.263. The van der Waals surface area contributed by atoms with Crippen molar-refractivity contribution in [3.8, 4) is 5.75 Å². The Morgan fingerprint density at radius 1 is 1.12 bits per heavy atom. The van der Waals surface area contributed by atoms with E-state index in [0.29, 0.717) is 17.1 Å². The van der Waals surface area contributed by atoms with Gasteiger partial charge in [0.05, 0.1) is 12.0 Å². The van der Waals surface area contributed by atoms with Gasteiger partial charge in [0, 0.05) is 24.2 Å². The molecular formula is C19H17ClN2O4. The SMILES string of the molecule is CN1C(=O)C2ON(Cc3ccccc3)C(c3cc(Cl)ccc3O)C2C1=O. The molecule has 2 aromatic carbocycles. The van der Waals surface area contributed by atoms with Crippen LogP contribution in [-0.2, 0) is 21.0 Å². The first-order chi connectivity index (χ1) is 12.5. The Balaban J connectivity index is 1.77. The fourth-order valence-corrected chi connectivity index (χ4v) is 3.80. The molecule has 1 N–H and O–H groups in total. The molecule has 0 aromatic heterocycles. The van der Waals surface area contributed by atoms with Crippen LogP contribution in [0.2, 0.25) is 5.02 Å². The van der Waals surface area contributed by atoms with Gasteiger partial charge in [-0.2, -0.15) is 5.06 Å². The third-order valence-corrected chi connectivity index (χ3v) is 5.14. The van der Waals surface area contributed by atoms with Gasteiger partial charge in [0.2, 0.25) is 5.91 Å². The number of hydrogen-bond acceptors (Lipinski definition) is 5. The molecule has 4 rings (SSSR count). The summed E-state index contributed by atoms with van der Waals surface area (Å²) in [4.78, 5) is 32.0. The lowest BCUT2D eigenvalue weighted by Crippen LogP contribution is -2.34. The average Bonchev–Trinajstić information content (AvgIpc) is 3.10. The molecule has 2 heterocycles. The lowest BCUT2D eigenvalue weighted by molar-refractivity contribution is -0.183. The van der Waals surface area contributed by atoms with E-state index >= 15 is 0 Å². The summed E-state index contributed by atoms with van der Waals surface area (Å²) in [6.07, 6.45) is -0.889. The Bertz CT molecular complexity index is 873. The number of carbonyl (C=O) groups excluding carboxylic acids is 2. The van der Waals surface area contributed by atoms with Gasteiger partial charge in [0.1, 0.15) is 5.75 Å². The molecule has 2 aromatic rings. The molecule has 3 unspecified atom stereocenters. The Hall–Kier alpha value is -2.41. The van der Waals surface area contributed by atoms with E-state index in [9.17, 15) is 14.7 Å². The van der Waals surface area contributed by atoms with Crippen LogP contribution in [0.4, 0.5) is 0 Å². The summed E-state index contributed by atoms with van der Waals surface area (Å²) in [5, 5.41) is 12.4. The number of rotatable bonds is 3. The van der Waals surface area contributed by atoms with Crippen molar-refractivity contribution in [1.82, 2.24) is 9.96 Å². The number of likely N-dealkylation sites (N-methyl/N-ethyl adjacent to an activating group) is 1. The molecule has 134 valence electrons. The Morgan fingerprint density at radius 3 is 2.58 bits per heavy atom. The fourth-order valence-electron chi connectivity index (χ4n) is 3.62. The van der Waals surface area contributed by atoms with Crippen LogP contribution >= 0.6 is 11.6 Å². The van der Waals surface area contributed by atoms with E-state index in [1.54, 1.807) is 17.2 Å². The van der Waals surface area contributed by atoms with Gasteiger partial charge in [-0.1, -0.05) is 41.9 Å². The number of carbonyl (C=O) groups is 2. The summed E-state index contributed by atoms with van der Waals surface area (Å²) in [7, 11) is 1.45. The van der Waals surface area contributed by atoms with E-state index in [4.69, 9.17) is 16.4 Å². The minimum atomic E-state index is -0.889. The van der Waals surface area contributed by atoms with E-state index in [-0.39, 0.29) is 17.6 Å². The quantitative estimate of drug-likeness (QED) is 0.838. The highest BCUT2D eigenvalue weighted by molar-refractivity contribution is 6.30. The number of amides is 2. The smallest absolute Gasteiger partial charge is 0.261 e. The van der Waals surface area contributed by atoms with Crippen LogP contribution < -0.4 is 0 Å². The van der Waals surface area contributed by atoms with Crippen LogP contribution in [0.5, 0.6) is 5.75 Å². The molecule has 0 spiro atoms. The number of likely N-dealkylation sites (tertiary alicyclic amines) is 1. The standard InChI is InChI=1S/C19H17ClN2O4/c1-21-18(24)15-16(13-9-12(20)7-8-14(13)23)22(26-17(15)19(21)25)10-11-5-3-2-4-6-11/h2-9,15-17,23H,10H2,1H3. The van der Waals surface area contributed by atoms with E-state index < -0.39 is 18.1 Å². The topological polar surface area (TPSA) is 70.1 Å². The van der Waals surface area contributed by atoms with Gasteiger partial charge >= 0.3 is 0 Å². The lowest BCUT2D eigenvalue weighted by atomic mass is 9.90. The zero-order valence-corrected chi connectivity index (χ0v) is 14.8. The minimum absolute atomic E-state index is 0.0107. The molecule has 0 saturated carbocycles. The van der Waals surface area contributed by atoms with Crippen molar-refractivity contribution < 1.29 is 19.5 Å². The molecule has 7 heteroatoms. The summed E-state index contributed by atoms with van der Waals surface area (Å²) in [6.45, 7) is 0.370. The lowest BCUT2D eigenvalue weighted by Gasteiger charge is -2.27. The van der Waals surface area contributed by atoms with Crippen molar-refractivity contribution in [1.29, 1.82) is 0 Å². The summed E-state index contributed by atoms with van der Waals surface area (Å²) in [5.41, 5.74) is 1.43. The highest BCUT2D eigenvalue weighted by Crippen LogP contribution is 2.47. The maximum Gasteiger partial charge on any atom is 0.261 e. The zero-order chi connectivity index (χ0) is 18.4. The van der Waals surface area contributed by atoms with Gasteiger partial charge in [-0.05, 0) is 23.8 Å². The zero-order valence-electron chi connectivity index (χ0n) is 14.0. The van der Waals surface area contributed by atoms with Gasteiger partial charge in [0.15, 0.2) is 6.10 Å². The second kappa shape index (κ2) is 6.39. The highest BCUT2D eigenvalue weighted by Gasteiger charge is 2.59. The Morgan fingerprint density at radius 2 is 1.85 bits per heavy atom. The number of benzene rings is 2. The molecule has 6 nitrogen and oxygen atoms in total. The Labute approximate surface area is 155 Å². The van der Waals surface area contributed by atoms with Crippen molar-refractivity contribution in [3.63, 3.8) is 0 Å². The number of aromatic hydroxyl groups is 1. The third kappa shape index (κ3) is 2.67.